The van der Waals surface area contributed by atoms with Gasteiger partial charge in [-0.15, -0.1) is 11.8 Å². The Morgan fingerprint density at radius 1 is 0.926 bits per heavy atom. The van der Waals surface area contributed by atoms with Crippen LogP contribution in [0.3, 0.4) is 0 Å². The molecule has 140 valence electrons. The second-order valence-corrected chi connectivity index (χ2v) is 7.06. The van der Waals surface area contributed by atoms with Crippen molar-refractivity contribution in [2.45, 2.75) is 6.92 Å². The average molecular weight is 383 g/mol. The minimum atomic E-state index is -0.263. The molecule has 5 nitrogen and oxygen atoms in total. The lowest BCUT2D eigenvalue weighted by molar-refractivity contribution is -0.136. The van der Waals surface area contributed by atoms with E-state index < -0.39 is 0 Å². The standard InChI is InChI=1S/C21H21NO4S/c1-3-27-19-18(15-7-5-4-6-8-15)20(23)22(21(19)24)13-14-26-17-11-9-16(25-2)10-12-17/h4-12H,3,13-14H2,1-2H3. The van der Waals surface area contributed by atoms with E-state index in [1.807, 2.05) is 37.3 Å². The monoisotopic (exact) mass is 383 g/mol. The van der Waals surface area contributed by atoms with Gasteiger partial charge in [-0.1, -0.05) is 37.3 Å². The summed E-state index contributed by atoms with van der Waals surface area (Å²) in [5.74, 6) is 1.62. The molecule has 1 aliphatic rings. The zero-order valence-corrected chi connectivity index (χ0v) is 16.1. The Hall–Kier alpha value is -2.73. The van der Waals surface area contributed by atoms with Crippen molar-refractivity contribution in [3.63, 3.8) is 0 Å². The van der Waals surface area contributed by atoms with Crippen molar-refractivity contribution in [1.29, 1.82) is 0 Å². The van der Waals surface area contributed by atoms with Crippen LogP contribution in [0.15, 0.2) is 59.5 Å². The third-order valence-corrected chi connectivity index (χ3v) is 5.08. The number of benzene rings is 2. The van der Waals surface area contributed by atoms with E-state index in [1.165, 1.54) is 16.7 Å². The summed E-state index contributed by atoms with van der Waals surface area (Å²) in [7, 11) is 1.60. The molecule has 0 spiro atoms. The van der Waals surface area contributed by atoms with Crippen LogP contribution in [-0.2, 0) is 9.59 Å². The number of imide groups is 1. The zero-order chi connectivity index (χ0) is 19.2. The van der Waals surface area contributed by atoms with Crippen LogP contribution in [0.4, 0.5) is 0 Å². The van der Waals surface area contributed by atoms with E-state index in [-0.39, 0.29) is 25.0 Å². The molecule has 0 bridgehead atoms. The fourth-order valence-corrected chi connectivity index (χ4v) is 3.69. The summed E-state index contributed by atoms with van der Waals surface area (Å²) in [6, 6.07) is 16.5. The zero-order valence-electron chi connectivity index (χ0n) is 15.3. The number of hydrogen-bond acceptors (Lipinski definition) is 5. The summed E-state index contributed by atoms with van der Waals surface area (Å²) in [5, 5.41) is 0. The van der Waals surface area contributed by atoms with Crippen LogP contribution in [-0.4, -0.2) is 42.7 Å². The number of thioether (sulfide) groups is 1. The summed E-state index contributed by atoms with van der Waals surface area (Å²) < 4.78 is 10.8. The molecule has 0 aromatic heterocycles. The van der Waals surface area contributed by atoms with Gasteiger partial charge in [-0.05, 0) is 35.6 Å². The van der Waals surface area contributed by atoms with E-state index in [9.17, 15) is 9.59 Å². The largest absolute Gasteiger partial charge is 0.497 e. The number of ether oxygens (including phenoxy) is 2. The van der Waals surface area contributed by atoms with E-state index in [4.69, 9.17) is 9.47 Å². The Balaban J connectivity index is 1.70. The molecule has 27 heavy (non-hydrogen) atoms. The highest BCUT2D eigenvalue weighted by Crippen LogP contribution is 2.35. The van der Waals surface area contributed by atoms with E-state index in [2.05, 4.69) is 0 Å². The smallest absolute Gasteiger partial charge is 0.268 e. The van der Waals surface area contributed by atoms with E-state index in [0.29, 0.717) is 16.2 Å². The highest BCUT2D eigenvalue weighted by atomic mass is 32.2. The van der Waals surface area contributed by atoms with Crippen LogP contribution in [0.5, 0.6) is 11.5 Å². The van der Waals surface area contributed by atoms with Gasteiger partial charge in [0.15, 0.2) is 0 Å². The SMILES string of the molecule is CCSC1=C(c2ccccc2)C(=O)N(CCOc2ccc(OC)cc2)C1=O. The van der Waals surface area contributed by atoms with Crippen molar-refractivity contribution < 1.29 is 19.1 Å². The summed E-state index contributed by atoms with van der Waals surface area (Å²) in [6.07, 6.45) is 0. The van der Waals surface area contributed by atoms with E-state index in [0.717, 1.165) is 17.1 Å². The normalized spacial score (nSPS) is 14.1. The quantitative estimate of drug-likeness (QED) is 0.652. The molecule has 1 heterocycles. The first-order valence-electron chi connectivity index (χ1n) is 8.71. The maximum Gasteiger partial charge on any atom is 0.268 e. The number of carbonyl (C=O) groups is 2. The summed E-state index contributed by atoms with van der Waals surface area (Å²) in [5.41, 5.74) is 1.25. The predicted molar refractivity (Wildman–Crippen MR) is 107 cm³/mol. The van der Waals surface area contributed by atoms with E-state index in [1.54, 1.807) is 31.4 Å². The molecule has 0 atom stereocenters. The van der Waals surface area contributed by atoms with Crippen LogP contribution in [0.1, 0.15) is 12.5 Å². The Bertz CT molecular complexity index is 846. The van der Waals surface area contributed by atoms with Gasteiger partial charge < -0.3 is 9.47 Å². The predicted octanol–water partition coefficient (Wildman–Crippen LogP) is 3.61. The second-order valence-electron chi connectivity index (χ2n) is 5.79. The van der Waals surface area contributed by atoms with Gasteiger partial charge in [-0.2, -0.15) is 0 Å². The molecular weight excluding hydrogens is 362 g/mol. The average Bonchev–Trinajstić information content (AvgIpc) is 2.94. The fraction of sp³-hybridized carbons (Fsp3) is 0.238. The molecule has 2 aromatic rings. The fourth-order valence-electron chi connectivity index (χ4n) is 2.82. The molecule has 0 aliphatic carbocycles. The summed E-state index contributed by atoms with van der Waals surface area (Å²) in [4.78, 5) is 27.4. The molecule has 0 saturated heterocycles. The van der Waals surface area contributed by atoms with Crippen LogP contribution in [0, 0.1) is 0 Å². The van der Waals surface area contributed by atoms with Crippen LogP contribution in [0.25, 0.3) is 5.57 Å². The maximum absolute atomic E-state index is 12.9. The number of methoxy groups -OCH3 is 1. The van der Waals surface area contributed by atoms with Crippen LogP contribution < -0.4 is 9.47 Å². The first kappa shape index (κ1) is 19.0. The minimum absolute atomic E-state index is 0.202. The molecule has 3 rings (SSSR count). The Morgan fingerprint density at radius 2 is 1.59 bits per heavy atom. The molecule has 1 aliphatic heterocycles. The molecule has 2 aromatic carbocycles. The lowest BCUT2D eigenvalue weighted by Crippen LogP contribution is -2.35. The number of carbonyl (C=O) groups excluding carboxylic acids is 2. The second kappa shape index (κ2) is 8.77. The van der Waals surface area contributed by atoms with Gasteiger partial charge in [0.2, 0.25) is 0 Å². The lowest BCUT2D eigenvalue weighted by Gasteiger charge is -2.15. The minimum Gasteiger partial charge on any atom is -0.497 e. The first-order valence-corrected chi connectivity index (χ1v) is 9.69. The molecule has 0 N–H and O–H groups in total. The molecular formula is C21H21NO4S. The Kier molecular flexibility index (Phi) is 6.19. The number of hydrogen-bond donors (Lipinski definition) is 0. The molecule has 0 saturated carbocycles. The molecule has 2 amide bonds. The van der Waals surface area contributed by atoms with Crippen molar-refractivity contribution in [3.05, 3.63) is 65.1 Å². The van der Waals surface area contributed by atoms with Gasteiger partial charge >= 0.3 is 0 Å². The highest BCUT2D eigenvalue weighted by molar-refractivity contribution is 8.04. The van der Waals surface area contributed by atoms with Gasteiger partial charge in [0.25, 0.3) is 11.8 Å². The van der Waals surface area contributed by atoms with Gasteiger partial charge in [-0.25, -0.2) is 0 Å². The maximum atomic E-state index is 12.9. The third-order valence-electron chi connectivity index (χ3n) is 4.12. The van der Waals surface area contributed by atoms with Gasteiger partial charge in [0, 0.05) is 0 Å². The van der Waals surface area contributed by atoms with Crippen molar-refractivity contribution in [2.75, 3.05) is 26.0 Å². The third kappa shape index (κ3) is 4.17. The van der Waals surface area contributed by atoms with Gasteiger partial charge in [0.05, 0.1) is 24.1 Å². The van der Waals surface area contributed by atoms with Crippen molar-refractivity contribution in [3.8, 4) is 11.5 Å². The van der Waals surface area contributed by atoms with Crippen molar-refractivity contribution >= 4 is 29.1 Å². The summed E-state index contributed by atoms with van der Waals surface area (Å²) in [6.45, 7) is 2.40. The molecule has 0 radical (unpaired) electrons. The number of nitrogens with zero attached hydrogens (tertiary/aromatic N) is 1. The number of amides is 2. The number of rotatable bonds is 8. The van der Waals surface area contributed by atoms with Crippen LogP contribution in [0.2, 0.25) is 0 Å². The highest BCUT2D eigenvalue weighted by Gasteiger charge is 2.38. The molecule has 0 unspecified atom stereocenters. The summed E-state index contributed by atoms with van der Waals surface area (Å²) >= 11 is 1.40. The molecule has 0 fully saturated rings. The van der Waals surface area contributed by atoms with Gasteiger partial charge in [0.1, 0.15) is 18.1 Å². The molecule has 6 heteroatoms. The topological polar surface area (TPSA) is 55.8 Å². The van der Waals surface area contributed by atoms with Crippen molar-refractivity contribution in [2.24, 2.45) is 0 Å². The van der Waals surface area contributed by atoms with E-state index >= 15 is 0 Å². The Morgan fingerprint density at radius 3 is 2.22 bits per heavy atom. The lowest BCUT2D eigenvalue weighted by atomic mass is 10.1. The van der Waals surface area contributed by atoms with Gasteiger partial charge in [-0.3, -0.25) is 14.5 Å². The van der Waals surface area contributed by atoms with Crippen LogP contribution >= 0.6 is 11.8 Å². The first-order chi connectivity index (χ1) is 13.2. The van der Waals surface area contributed by atoms with Crippen molar-refractivity contribution in [1.82, 2.24) is 4.90 Å². The Labute approximate surface area is 163 Å².